The molecule has 2 heterocycles. The smallest absolute Gasteiger partial charge is 0.0716 e. The molecule has 8 aromatic rings. The van der Waals surface area contributed by atoms with Gasteiger partial charge in [0.2, 0.25) is 0 Å². The first-order valence-electron chi connectivity index (χ1n) is 15.1. The average Bonchev–Trinajstić information content (AvgIpc) is 3.11. The number of nitrogens with zero attached hydrogens (tertiary/aromatic N) is 2. The van der Waals surface area contributed by atoms with Crippen LogP contribution in [-0.2, 0) is 0 Å². The maximum absolute atomic E-state index is 5.05. The Bertz CT molecular complexity index is 2180. The van der Waals surface area contributed by atoms with Crippen LogP contribution >= 0.6 is 31.9 Å². The molecule has 2 aromatic heterocycles. The Kier molecular flexibility index (Phi) is 7.53. The van der Waals surface area contributed by atoms with Crippen molar-refractivity contribution >= 4 is 53.7 Å². The van der Waals surface area contributed by atoms with Crippen LogP contribution in [0.5, 0.6) is 0 Å². The lowest BCUT2D eigenvalue weighted by atomic mass is 9.96. The van der Waals surface area contributed by atoms with E-state index in [-0.39, 0.29) is 0 Å². The van der Waals surface area contributed by atoms with Crippen LogP contribution in [0.3, 0.4) is 0 Å². The van der Waals surface area contributed by atoms with Gasteiger partial charge in [-0.15, -0.1) is 0 Å². The Morgan fingerprint density at radius 3 is 1.09 bits per heavy atom. The first-order chi connectivity index (χ1) is 22.6. The van der Waals surface area contributed by atoms with E-state index in [0.29, 0.717) is 0 Å². The molecule has 4 heteroatoms. The quantitative estimate of drug-likeness (QED) is 0.177. The van der Waals surface area contributed by atoms with Gasteiger partial charge in [-0.2, -0.15) is 0 Å². The third-order valence-corrected chi connectivity index (χ3v) is 9.39. The lowest BCUT2D eigenvalue weighted by Crippen LogP contribution is -1.91. The van der Waals surface area contributed by atoms with Gasteiger partial charge in [0.25, 0.3) is 0 Å². The summed E-state index contributed by atoms with van der Waals surface area (Å²) in [7, 11) is 0. The van der Waals surface area contributed by atoms with Gasteiger partial charge in [0.15, 0.2) is 0 Å². The summed E-state index contributed by atoms with van der Waals surface area (Å²) in [4.78, 5) is 10.1. The Morgan fingerprint density at radius 2 is 0.696 bits per heavy atom. The number of hydrogen-bond donors (Lipinski definition) is 0. The zero-order chi connectivity index (χ0) is 31.0. The van der Waals surface area contributed by atoms with Crippen LogP contribution in [0, 0.1) is 0 Å². The second-order valence-corrected chi connectivity index (χ2v) is 13.2. The van der Waals surface area contributed by atoms with Crippen molar-refractivity contribution < 1.29 is 0 Å². The van der Waals surface area contributed by atoms with Crippen molar-refractivity contribution in [3.8, 4) is 55.9 Å². The van der Waals surface area contributed by atoms with Crippen molar-refractivity contribution in [1.82, 2.24) is 9.97 Å². The number of halogens is 2. The number of hydrogen-bond acceptors (Lipinski definition) is 2. The number of fused-ring (bicyclic) bond motifs is 2. The molecule has 0 aliphatic carbocycles. The molecular weight excluding hydrogens is 692 g/mol. The Hall–Kier alpha value is -4.90. The largest absolute Gasteiger partial charge is 0.248 e. The van der Waals surface area contributed by atoms with Gasteiger partial charge >= 0.3 is 0 Å². The van der Waals surface area contributed by atoms with Gasteiger partial charge in [0, 0.05) is 30.8 Å². The highest BCUT2D eigenvalue weighted by molar-refractivity contribution is 9.10. The second-order valence-electron chi connectivity index (χ2n) is 11.3. The molecule has 0 spiro atoms. The number of aromatic nitrogens is 2. The molecule has 0 amide bonds. The predicted octanol–water partition coefficient (Wildman–Crippen LogP) is 12.6. The summed E-state index contributed by atoms with van der Waals surface area (Å²) < 4.78 is 2.09. The van der Waals surface area contributed by atoms with Gasteiger partial charge in [-0.3, -0.25) is 0 Å². The number of benzene rings is 6. The highest BCUT2D eigenvalue weighted by Crippen LogP contribution is 2.36. The van der Waals surface area contributed by atoms with Crippen molar-refractivity contribution in [3.63, 3.8) is 0 Å². The standard InChI is InChI=1S/C42H26Br2N2/c43-33-19-21-39-37(23-33)35(29-7-3-1-4-8-29)25-41(45-39)31-15-11-27(12-16-31)28-13-17-32(18-14-28)42-26-36(30-9-5-2-6-10-30)38-24-34(44)20-22-40(38)46-42/h1-26H. The minimum atomic E-state index is 0.958. The molecule has 0 bridgehead atoms. The minimum absolute atomic E-state index is 0.958. The molecule has 0 atom stereocenters. The summed E-state index contributed by atoms with van der Waals surface area (Å²) >= 11 is 7.28. The Morgan fingerprint density at radius 1 is 0.326 bits per heavy atom. The van der Waals surface area contributed by atoms with Gasteiger partial charge in [0.1, 0.15) is 0 Å². The third kappa shape index (κ3) is 5.55. The van der Waals surface area contributed by atoms with Gasteiger partial charge in [0.05, 0.1) is 22.4 Å². The van der Waals surface area contributed by atoms with Crippen molar-refractivity contribution in [2.45, 2.75) is 0 Å². The molecule has 0 saturated heterocycles. The molecule has 0 unspecified atom stereocenters. The summed E-state index contributed by atoms with van der Waals surface area (Å²) in [6.45, 7) is 0. The Labute approximate surface area is 284 Å². The van der Waals surface area contributed by atoms with E-state index in [1.165, 1.54) is 22.3 Å². The highest BCUT2D eigenvalue weighted by atomic mass is 79.9. The number of rotatable bonds is 5. The lowest BCUT2D eigenvalue weighted by Gasteiger charge is -2.12. The van der Waals surface area contributed by atoms with Crippen molar-refractivity contribution in [1.29, 1.82) is 0 Å². The summed E-state index contributed by atoms with van der Waals surface area (Å²) in [5.74, 6) is 0. The molecule has 0 fully saturated rings. The highest BCUT2D eigenvalue weighted by Gasteiger charge is 2.13. The van der Waals surface area contributed by atoms with E-state index in [9.17, 15) is 0 Å². The van der Waals surface area contributed by atoms with Gasteiger partial charge in [-0.25, -0.2) is 9.97 Å². The molecule has 2 nitrogen and oxygen atoms in total. The lowest BCUT2D eigenvalue weighted by molar-refractivity contribution is 1.39. The zero-order valence-corrected chi connectivity index (χ0v) is 27.8. The van der Waals surface area contributed by atoms with Crippen LogP contribution in [-0.4, -0.2) is 9.97 Å². The van der Waals surface area contributed by atoms with Crippen LogP contribution in [0.2, 0.25) is 0 Å². The van der Waals surface area contributed by atoms with Crippen LogP contribution < -0.4 is 0 Å². The molecule has 0 saturated carbocycles. The molecule has 0 radical (unpaired) electrons. The van der Waals surface area contributed by atoms with Crippen molar-refractivity contribution in [2.24, 2.45) is 0 Å². The van der Waals surface area contributed by atoms with Crippen LogP contribution in [0.25, 0.3) is 77.7 Å². The molecule has 0 aliphatic heterocycles. The maximum atomic E-state index is 5.05. The fourth-order valence-corrected chi connectivity index (χ4v) is 6.79. The second kappa shape index (κ2) is 12.1. The first-order valence-corrected chi connectivity index (χ1v) is 16.7. The summed E-state index contributed by atoms with van der Waals surface area (Å²) in [5.41, 5.74) is 13.1. The van der Waals surface area contributed by atoms with E-state index in [1.807, 2.05) is 0 Å². The van der Waals surface area contributed by atoms with Crippen LogP contribution in [0.4, 0.5) is 0 Å². The maximum Gasteiger partial charge on any atom is 0.0716 e. The summed E-state index contributed by atoms with van der Waals surface area (Å²) in [6.07, 6.45) is 0. The summed E-state index contributed by atoms with van der Waals surface area (Å²) in [6, 6.07) is 55.4. The molecule has 0 N–H and O–H groups in total. The van der Waals surface area contributed by atoms with Crippen LogP contribution in [0.1, 0.15) is 0 Å². The molecule has 0 aliphatic rings. The van der Waals surface area contributed by atoms with E-state index in [0.717, 1.165) is 64.4 Å². The van der Waals surface area contributed by atoms with E-state index in [1.54, 1.807) is 0 Å². The van der Waals surface area contributed by atoms with E-state index >= 15 is 0 Å². The SMILES string of the molecule is Brc1ccc2nc(-c3ccc(-c4ccc(-c5cc(-c6ccccc6)c6cc(Br)ccc6n5)cc4)cc3)cc(-c3ccccc3)c2c1. The average molecular weight is 718 g/mol. The molecule has 8 rings (SSSR count). The fraction of sp³-hybridized carbons (Fsp3) is 0. The zero-order valence-electron chi connectivity index (χ0n) is 24.7. The normalized spacial score (nSPS) is 11.3. The van der Waals surface area contributed by atoms with E-state index in [4.69, 9.17) is 9.97 Å². The van der Waals surface area contributed by atoms with Crippen LogP contribution in [0.15, 0.2) is 167 Å². The molecular formula is C42H26Br2N2. The van der Waals surface area contributed by atoms with Crippen molar-refractivity contribution in [2.75, 3.05) is 0 Å². The topological polar surface area (TPSA) is 25.8 Å². The first kappa shape index (κ1) is 28.6. The van der Waals surface area contributed by atoms with Gasteiger partial charge < -0.3 is 0 Å². The minimum Gasteiger partial charge on any atom is -0.248 e. The summed E-state index contributed by atoms with van der Waals surface area (Å²) in [5, 5.41) is 2.26. The molecule has 46 heavy (non-hydrogen) atoms. The molecule has 218 valence electrons. The van der Waals surface area contributed by atoms with E-state index < -0.39 is 0 Å². The fourth-order valence-electron chi connectivity index (χ4n) is 6.07. The number of pyridine rings is 2. The Balaban J connectivity index is 1.13. The predicted molar refractivity (Wildman–Crippen MR) is 200 cm³/mol. The molecule has 6 aromatic carbocycles. The third-order valence-electron chi connectivity index (χ3n) is 8.41. The van der Waals surface area contributed by atoms with E-state index in [2.05, 4.69) is 190 Å². The van der Waals surface area contributed by atoms with Gasteiger partial charge in [-0.1, -0.05) is 141 Å². The monoisotopic (exact) mass is 716 g/mol. The van der Waals surface area contributed by atoms with Crippen molar-refractivity contribution in [3.05, 3.63) is 167 Å². The van der Waals surface area contributed by atoms with Gasteiger partial charge in [-0.05, 0) is 81.9 Å².